The van der Waals surface area contributed by atoms with E-state index in [9.17, 15) is 9.90 Å². The molecular weight excluding hydrogens is 216 g/mol. The van der Waals surface area contributed by atoms with Gasteiger partial charge < -0.3 is 15.7 Å². The summed E-state index contributed by atoms with van der Waals surface area (Å²) in [5, 5.41) is 15.7. The lowest BCUT2D eigenvalue weighted by Gasteiger charge is -2.25. The van der Waals surface area contributed by atoms with Crippen molar-refractivity contribution in [3.63, 3.8) is 0 Å². The summed E-state index contributed by atoms with van der Waals surface area (Å²) in [4.78, 5) is 11.5. The van der Waals surface area contributed by atoms with E-state index in [0.717, 1.165) is 38.8 Å². The molecule has 3 N–H and O–H groups in total. The van der Waals surface area contributed by atoms with Crippen LogP contribution in [0.2, 0.25) is 0 Å². The van der Waals surface area contributed by atoms with Crippen LogP contribution < -0.4 is 10.6 Å². The average Bonchev–Trinajstić information content (AvgIpc) is 2.26. The predicted octanol–water partition coefficient (Wildman–Crippen LogP) is 1.04. The highest BCUT2D eigenvalue weighted by Gasteiger charge is 2.20. The van der Waals surface area contributed by atoms with Gasteiger partial charge in [-0.1, -0.05) is 20.3 Å². The summed E-state index contributed by atoms with van der Waals surface area (Å²) in [6.07, 6.45) is 4.34. The maximum absolute atomic E-state index is 11.5. The van der Waals surface area contributed by atoms with Crippen LogP contribution in [0.15, 0.2) is 0 Å². The molecule has 1 amide bonds. The molecular formula is C13H26N2O2. The fourth-order valence-electron chi connectivity index (χ4n) is 2.27. The number of carbonyl (C=O) groups excluding carboxylic acids is 1. The summed E-state index contributed by atoms with van der Waals surface area (Å²) >= 11 is 0. The Kier molecular flexibility index (Phi) is 6.52. The number of rotatable bonds is 6. The second-order valence-corrected chi connectivity index (χ2v) is 5.35. The Morgan fingerprint density at radius 1 is 1.41 bits per heavy atom. The van der Waals surface area contributed by atoms with Crippen LogP contribution in [0.1, 0.15) is 46.0 Å². The number of hydrogen-bond donors (Lipinski definition) is 3. The Morgan fingerprint density at radius 2 is 2.18 bits per heavy atom. The van der Waals surface area contributed by atoms with Crippen LogP contribution in [0.3, 0.4) is 0 Å². The predicted molar refractivity (Wildman–Crippen MR) is 68.7 cm³/mol. The standard InChI is InChI=1S/C13H26N2O2/c1-10(2)14-7-6-13(17)15-9-11-4-3-5-12(16)8-11/h10-12,14,16H,3-9H2,1-2H3,(H,15,17). The number of nitrogens with one attached hydrogen (secondary N) is 2. The minimum absolute atomic E-state index is 0.109. The Hall–Kier alpha value is -0.610. The first-order valence-corrected chi connectivity index (χ1v) is 6.76. The van der Waals surface area contributed by atoms with Crippen LogP contribution in [-0.2, 0) is 4.79 Å². The molecule has 2 unspecified atom stereocenters. The highest BCUT2D eigenvalue weighted by Crippen LogP contribution is 2.23. The van der Waals surface area contributed by atoms with E-state index in [1.54, 1.807) is 0 Å². The second-order valence-electron chi connectivity index (χ2n) is 5.35. The van der Waals surface area contributed by atoms with E-state index in [2.05, 4.69) is 24.5 Å². The van der Waals surface area contributed by atoms with Gasteiger partial charge in [0.25, 0.3) is 0 Å². The van der Waals surface area contributed by atoms with Crippen molar-refractivity contribution in [2.45, 2.75) is 58.1 Å². The van der Waals surface area contributed by atoms with Gasteiger partial charge in [0.05, 0.1) is 6.10 Å². The smallest absolute Gasteiger partial charge is 0.221 e. The van der Waals surface area contributed by atoms with Crippen LogP contribution in [0.25, 0.3) is 0 Å². The lowest BCUT2D eigenvalue weighted by atomic mass is 9.87. The zero-order valence-electron chi connectivity index (χ0n) is 11.0. The molecule has 4 heteroatoms. The van der Waals surface area contributed by atoms with Crippen molar-refractivity contribution in [1.82, 2.24) is 10.6 Å². The molecule has 0 saturated heterocycles. The van der Waals surface area contributed by atoms with Crippen LogP contribution >= 0.6 is 0 Å². The van der Waals surface area contributed by atoms with Gasteiger partial charge in [-0.15, -0.1) is 0 Å². The van der Waals surface area contributed by atoms with Gasteiger partial charge in [0.2, 0.25) is 5.91 Å². The van der Waals surface area contributed by atoms with Gasteiger partial charge in [-0.2, -0.15) is 0 Å². The average molecular weight is 242 g/mol. The van der Waals surface area contributed by atoms with E-state index in [4.69, 9.17) is 0 Å². The normalized spacial score (nSPS) is 24.9. The first-order valence-electron chi connectivity index (χ1n) is 6.76. The van der Waals surface area contributed by atoms with Crippen molar-refractivity contribution >= 4 is 5.91 Å². The monoisotopic (exact) mass is 242 g/mol. The Morgan fingerprint density at radius 3 is 2.82 bits per heavy atom. The number of aliphatic hydroxyl groups is 1. The van der Waals surface area contributed by atoms with Crippen LogP contribution in [0.4, 0.5) is 0 Å². The van der Waals surface area contributed by atoms with E-state index in [1.807, 2.05) is 0 Å². The van der Waals surface area contributed by atoms with E-state index < -0.39 is 0 Å². The molecule has 2 atom stereocenters. The summed E-state index contributed by atoms with van der Waals surface area (Å²) in [7, 11) is 0. The van der Waals surface area contributed by atoms with Crippen molar-refractivity contribution in [2.24, 2.45) is 5.92 Å². The molecule has 1 saturated carbocycles. The second kappa shape index (κ2) is 7.67. The molecule has 0 spiro atoms. The fraction of sp³-hybridized carbons (Fsp3) is 0.923. The lowest BCUT2D eigenvalue weighted by molar-refractivity contribution is -0.121. The molecule has 0 radical (unpaired) electrons. The molecule has 0 heterocycles. The summed E-state index contributed by atoms with van der Waals surface area (Å²) in [6, 6.07) is 0.427. The number of aliphatic hydroxyl groups excluding tert-OH is 1. The molecule has 4 nitrogen and oxygen atoms in total. The molecule has 0 aromatic heterocycles. The van der Waals surface area contributed by atoms with Gasteiger partial charge >= 0.3 is 0 Å². The molecule has 0 aliphatic heterocycles. The van der Waals surface area contributed by atoms with Crippen LogP contribution in [-0.4, -0.2) is 36.2 Å². The first-order chi connectivity index (χ1) is 8.08. The van der Waals surface area contributed by atoms with Crippen LogP contribution in [0.5, 0.6) is 0 Å². The third-order valence-corrected chi connectivity index (χ3v) is 3.25. The zero-order chi connectivity index (χ0) is 12.7. The first kappa shape index (κ1) is 14.5. The quantitative estimate of drug-likeness (QED) is 0.652. The molecule has 0 aromatic rings. The summed E-state index contributed by atoms with van der Waals surface area (Å²) in [6.45, 7) is 5.59. The molecule has 1 fully saturated rings. The number of carbonyl (C=O) groups is 1. The van der Waals surface area contributed by atoms with Gasteiger partial charge in [0.15, 0.2) is 0 Å². The molecule has 1 aliphatic rings. The Balaban J connectivity index is 2.06. The van der Waals surface area contributed by atoms with Crippen molar-refractivity contribution in [2.75, 3.05) is 13.1 Å². The largest absolute Gasteiger partial charge is 0.393 e. The van der Waals surface area contributed by atoms with Gasteiger partial charge in [0, 0.05) is 25.6 Å². The molecule has 1 aliphatic carbocycles. The van der Waals surface area contributed by atoms with Gasteiger partial charge in [0.1, 0.15) is 0 Å². The van der Waals surface area contributed by atoms with Gasteiger partial charge in [-0.3, -0.25) is 4.79 Å². The lowest BCUT2D eigenvalue weighted by Crippen LogP contribution is -2.35. The SMILES string of the molecule is CC(C)NCCC(=O)NCC1CCCC(O)C1. The summed E-state index contributed by atoms with van der Waals surface area (Å²) in [5.41, 5.74) is 0. The van der Waals surface area contributed by atoms with Crippen molar-refractivity contribution in [3.05, 3.63) is 0 Å². The number of amides is 1. The highest BCUT2D eigenvalue weighted by molar-refractivity contribution is 5.76. The third kappa shape index (κ3) is 6.64. The van der Waals surface area contributed by atoms with Gasteiger partial charge in [-0.25, -0.2) is 0 Å². The minimum Gasteiger partial charge on any atom is -0.393 e. The van der Waals surface area contributed by atoms with Crippen molar-refractivity contribution in [1.29, 1.82) is 0 Å². The fourth-order valence-corrected chi connectivity index (χ4v) is 2.27. The minimum atomic E-state index is -0.159. The summed E-state index contributed by atoms with van der Waals surface area (Å²) in [5.74, 6) is 0.568. The van der Waals surface area contributed by atoms with E-state index in [0.29, 0.717) is 18.4 Å². The van der Waals surface area contributed by atoms with Crippen LogP contribution in [0, 0.1) is 5.92 Å². The van der Waals surface area contributed by atoms with E-state index in [-0.39, 0.29) is 12.0 Å². The topological polar surface area (TPSA) is 61.4 Å². The summed E-state index contributed by atoms with van der Waals surface area (Å²) < 4.78 is 0. The Labute approximate surface area is 104 Å². The van der Waals surface area contributed by atoms with E-state index >= 15 is 0 Å². The zero-order valence-corrected chi connectivity index (χ0v) is 11.0. The molecule has 0 bridgehead atoms. The molecule has 17 heavy (non-hydrogen) atoms. The van der Waals surface area contributed by atoms with Crippen molar-refractivity contribution in [3.8, 4) is 0 Å². The Bertz CT molecular complexity index is 231. The highest BCUT2D eigenvalue weighted by atomic mass is 16.3. The number of hydrogen-bond acceptors (Lipinski definition) is 3. The maximum atomic E-state index is 11.5. The maximum Gasteiger partial charge on any atom is 0.221 e. The van der Waals surface area contributed by atoms with E-state index in [1.165, 1.54) is 0 Å². The molecule has 100 valence electrons. The third-order valence-electron chi connectivity index (χ3n) is 3.25. The van der Waals surface area contributed by atoms with Crippen molar-refractivity contribution < 1.29 is 9.90 Å². The molecule has 1 rings (SSSR count). The molecule has 0 aromatic carbocycles. The van der Waals surface area contributed by atoms with Gasteiger partial charge in [-0.05, 0) is 25.2 Å².